The number of fused-ring (bicyclic) bond motifs is 1. The number of benzene rings is 2. The van der Waals surface area contributed by atoms with Crippen LogP contribution in [0.25, 0.3) is 0 Å². The lowest BCUT2D eigenvalue weighted by Gasteiger charge is -2.51. The van der Waals surface area contributed by atoms with Crippen molar-refractivity contribution in [2.45, 2.75) is 38.6 Å². The summed E-state index contributed by atoms with van der Waals surface area (Å²) in [5, 5.41) is 7.30. The maximum Gasteiger partial charge on any atom is 0.246 e. The predicted molar refractivity (Wildman–Crippen MR) is 121 cm³/mol. The lowest BCUT2D eigenvalue weighted by Crippen LogP contribution is -2.65. The van der Waals surface area contributed by atoms with Gasteiger partial charge in [0.2, 0.25) is 11.8 Å². The standard InChI is InChI=1S/C24H26ClN3O2/c1-5-7-20(29)28-13-24(14-28,18-9-6-8-15(2)21(18)25)27-16-10-11-17-19(12-16)26-22(30)23(17,3)4/h5-12,27H,13-14H2,1-4H3,(H,26,30)/b7-5+. The number of rotatable bonds is 4. The minimum atomic E-state index is -0.544. The zero-order valence-electron chi connectivity index (χ0n) is 17.7. The molecule has 2 aromatic rings. The molecule has 2 heterocycles. The van der Waals surface area contributed by atoms with Crippen LogP contribution in [0.15, 0.2) is 48.6 Å². The van der Waals surface area contributed by atoms with Crippen molar-refractivity contribution in [3.05, 3.63) is 70.3 Å². The average Bonchev–Trinajstić information content (AvgIpc) is 2.89. The first kappa shape index (κ1) is 20.5. The number of nitrogens with one attached hydrogen (secondary N) is 2. The molecule has 5 nitrogen and oxygen atoms in total. The van der Waals surface area contributed by atoms with Gasteiger partial charge in [-0.25, -0.2) is 0 Å². The van der Waals surface area contributed by atoms with Crippen LogP contribution < -0.4 is 10.6 Å². The number of hydrogen-bond donors (Lipinski definition) is 2. The van der Waals surface area contributed by atoms with Crippen LogP contribution in [0.3, 0.4) is 0 Å². The Hall–Kier alpha value is -2.79. The van der Waals surface area contributed by atoms with Crippen LogP contribution in [0.4, 0.5) is 11.4 Å². The summed E-state index contributed by atoms with van der Waals surface area (Å²) in [6.45, 7) is 8.68. The highest BCUT2D eigenvalue weighted by molar-refractivity contribution is 6.32. The number of nitrogens with zero attached hydrogens (tertiary/aromatic N) is 1. The molecule has 0 atom stereocenters. The second kappa shape index (κ2) is 7.17. The number of aryl methyl sites for hydroxylation is 1. The van der Waals surface area contributed by atoms with Gasteiger partial charge < -0.3 is 15.5 Å². The fraction of sp³-hybridized carbons (Fsp3) is 0.333. The van der Waals surface area contributed by atoms with Gasteiger partial charge >= 0.3 is 0 Å². The Morgan fingerprint density at radius 2 is 1.93 bits per heavy atom. The normalized spacial score (nSPS) is 18.7. The van der Waals surface area contributed by atoms with Crippen molar-refractivity contribution in [1.29, 1.82) is 0 Å². The lowest BCUT2D eigenvalue weighted by atomic mass is 9.80. The number of likely N-dealkylation sites (tertiary alicyclic amines) is 1. The van der Waals surface area contributed by atoms with Crippen molar-refractivity contribution in [2.75, 3.05) is 23.7 Å². The molecule has 0 bridgehead atoms. The second-order valence-electron chi connectivity index (χ2n) is 8.68. The molecular weight excluding hydrogens is 398 g/mol. The first-order valence-electron chi connectivity index (χ1n) is 10.1. The van der Waals surface area contributed by atoms with Crippen LogP contribution in [0.2, 0.25) is 5.02 Å². The van der Waals surface area contributed by atoms with E-state index in [0.29, 0.717) is 18.1 Å². The molecule has 0 saturated carbocycles. The van der Waals surface area contributed by atoms with Crippen LogP contribution in [-0.2, 0) is 20.5 Å². The predicted octanol–water partition coefficient (Wildman–Crippen LogP) is 4.60. The summed E-state index contributed by atoms with van der Waals surface area (Å²) in [6, 6.07) is 11.9. The van der Waals surface area contributed by atoms with Gasteiger partial charge in [-0.05, 0) is 62.6 Å². The fourth-order valence-corrected chi connectivity index (χ4v) is 4.60. The largest absolute Gasteiger partial charge is 0.372 e. The monoisotopic (exact) mass is 423 g/mol. The highest BCUT2D eigenvalue weighted by atomic mass is 35.5. The van der Waals surface area contributed by atoms with Crippen LogP contribution in [-0.4, -0.2) is 29.8 Å². The Morgan fingerprint density at radius 1 is 1.20 bits per heavy atom. The molecule has 30 heavy (non-hydrogen) atoms. The Bertz CT molecular complexity index is 1070. The van der Waals surface area contributed by atoms with Crippen molar-refractivity contribution >= 4 is 34.8 Å². The van der Waals surface area contributed by atoms with Gasteiger partial charge in [-0.2, -0.15) is 0 Å². The Morgan fingerprint density at radius 3 is 2.63 bits per heavy atom. The third kappa shape index (κ3) is 3.18. The van der Waals surface area contributed by atoms with Crippen molar-refractivity contribution < 1.29 is 9.59 Å². The van der Waals surface area contributed by atoms with Crippen molar-refractivity contribution in [3.8, 4) is 0 Å². The number of carbonyl (C=O) groups excluding carboxylic acids is 2. The third-order valence-corrected chi connectivity index (χ3v) is 6.64. The summed E-state index contributed by atoms with van der Waals surface area (Å²) in [4.78, 5) is 26.4. The molecule has 2 aliphatic heterocycles. The van der Waals surface area contributed by atoms with Gasteiger partial charge in [-0.15, -0.1) is 0 Å². The molecule has 156 valence electrons. The van der Waals surface area contributed by atoms with E-state index in [1.807, 2.05) is 64.1 Å². The Kier molecular flexibility index (Phi) is 4.89. The minimum absolute atomic E-state index is 0.00198. The summed E-state index contributed by atoms with van der Waals surface area (Å²) < 4.78 is 0. The zero-order valence-corrected chi connectivity index (χ0v) is 18.4. The minimum Gasteiger partial charge on any atom is -0.372 e. The number of hydrogen-bond acceptors (Lipinski definition) is 3. The molecule has 0 radical (unpaired) electrons. The van der Waals surface area contributed by atoms with Gasteiger partial charge in [-0.3, -0.25) is 9.59 Å². The molecule has 1 fully saturated rings. The van der Waals surface area contributed by atoms with Gasteiger partial charge in [-0.1, -0.05) is 41.9 Å². The fourth-order valence-electron chi connectivity index (χ4n) is 4.29. The molecule has 0 unspecified atom stereocenters. The maximum atomic E-state index is 12.3. The highest BCUT2D eigenvalue weighted by Crippen LogP contribution is 2.43. The van der Waals surface area contributed by atoms with Gasteiger partial charge in [0, 0.05) is 16.4 Å². The van der Waals surface area contributed by atoms with E-state index in [2.05, 4.69) is 10.6 Å². The average molecular weight is 424 g/mol. The van der Waals surface area contributed by atoms with E-state index in [9.17, 15) is 9.59 Å². The van der Waals surface area contributed by atoms with Crippen LogP contribution in [0.1, 0.15) is 37.5 Å². The summed E-state index contributed by atoms with van der Waals surface area (Å²) in [7, 11) is 0. The van der Waals surface area contributed by atoms with Gasteiger partial charge in [0.1, 0.15) is 0 Å². The van der Waals surface area contributed by atoms with E-state index in [1.165, 1.54) is 0 Å². The quantitative estimate of drug-likeness (QED) is 0.706. The summed E-state index contributed by atoms with van der Waals surface area (Å²) in [5.74, 6) is -0.0143. The van der Waals surface area contributed by atoms with E-state index in [-0.39, 0.29) is 11.8 Å². The summed E-state index contributed by atoms with van der Waals surface area (Å²) >= 11 is 6.68. The zero-order chi connectivity index (χ0) is 21.7. The topological polar surface area (TPSA) is 61.4 Å². The molecule has 6 heteroatoms. The second-order valence-corrected chi connectivity index (χ2v) is 9.06. The van der Waals surface area contributed by atoms with Crippen LogP contribution in [0, 0.1) is 6.92 Å². The smallest absolute Gasteiger partial charge is 0.246 e. The van der Waals surface area contributed by atoms with Gasteiger partial charge in [0.15, 0.2) is 0 Å². The molecule has 2 aromatic carbocycles. The van der Waals surface area contributed by atoms with Crippen molar-refractivity contribution in [1.82, 2.24) is 4.90 Å². The number of carbonyl (C=O) groups is 2. The maximum absolute atomic E-state index is 12.3. The summed E-state index contributed by atoms with van der Waals surface area (Å²) in [6.07, 6.45) is 3.33. The van der Waals surface area contributed by atoms with E-state index in [4.69, 9.17) is 11.6 Å². The number of halogens is 1. The molecule has 2 amide bonds. The molecule has 2 N–H and O–H groups in total. The molecule has 1 saturated heterocycles. The van der Waals surface area contributed by atoms with E-state index in [1.54, 1.807) is 17.1 Å². The molecule has 0 aliphatic carbocycles. The van der Waals surface area contributed by atoms with Crippen LogP contribution in [0.5, 0.6) is 0 Å². The van der Waals surface area contributed by atoms with E-state index >= 15 is 0 Å². The first-order chi connectivity index (χ1) is 14.2. The van der Waals surface area contributed by atoms with Crippen molar-refractivity contribution in [2.24, 2.45) is 0 Å². The summed E-state index contributed by atoms with van der Waals surface area (Å²) in [5.41, 5.74) is 3.61. The molecular formula is C24H26ClN3O2. The number of allylic oxidation sites excluding steroid dienone is 1. The lowest BCUT2D eigenvalue weighted by molar-refractivity contribution is -0.132. The third-order valence-electron chi connectivity index (χ3n) is 6.14. The van der Waals surface area contributed by atoms with Gasteiger partial charge in [0.05, 0.1) is 24.0 Å². The van der Waals surface area contributed by atoms with E-state index < -0.39 is 11.0 Å². The first-order valence-corrected chi connectivity index (χ1v) is 10.5. The number of amides is 2. The Balaban J connectivity index is 1.69. The van der Waals surface area contributed by atoms with Crippen molar-refractivity contribution in [3.63, 3.8) is 0 Å². The van der Waals surface area contributed by atoms with Gasteiger partial charge in [0.25, 0.3) is 0 Å². The Labute approximate surface area is 182 Å². The van der Waals surface area contributed by atoms with Crippen LogP contribution >= 0.6 is 11.6 Å². The molecule has 2 aliphatic rings. The molecule has 0 aromatic heterocycles. The van der Waals surface area contributed by atoms with E-state index in [0.717, 1.165) is 28.1 Å². The molecule has 0 spiro atoms. The molecule has 4 rings (SSSR count). The SMILES string of the molecule is C/C=C/C(=O)N1CC(Nc2ccc3c(c2)NC(=O)C3(C)C)(c2cccc(C)c2Cl)C1. The number of anilines is 2. The highest BCUT2D eigenvalue weighted by Gasteiger charge is 2.47.